The van der Waals surface area contributed by atoms with Crippen molar-refractivity contribution in [1.82, 2.24) is 0 Å². The van der Waals surface area contributed by atoms with Crippen molar-refractivity contribution in [3.05, 3.63) is 29.8 Å². The Bertz CT molecular complexity index is 569. The third-order valence-corrected chi connectivity index (χ3v) is 3.42. The third kappa shape index (κ3) is 3.31. The van der Waals surface area contributed by atoms with Gasteiger partial charge in [0.05, 0.1) is 17.6 Å². The van der Waals surface area contributed by atoms with E-state index in [0.29, 0.717) is 5.56 Å². The minimum atomic E-state index is -3.28. The van der Waals surface area contributed by atoms with Gasteiger partial charge in [0.15, 0.2) is 15.8 Å². The van der Waals surface area contributed by atoms with Gasteiger partial charge in [0.25, 0.3) is 0 Å². The Labute approximate surface area is 106 Å². The first-order chi connectivity index (χ1) is 8.40. The first-order valence-corrected chi connectivity index (χ1v) is 7.15. The largest absolute Gasteiger partial charge is 0.465 e. The fourth-order valence-corrected chi connectivity index (χ4v) is 2.03. The van der Waals surface area contributed by atoms with Crippen molar-refractivity contribution < 1.29 is 17.9 Å². The van der Waals surface area contributed by atoms with E-state index in [0.717, 1.165) is 6.26 Å². The van der Waals surface area contributed by atoms with E-state index in [-0.39, 0.29) is 11.5 Å². The number of sulfone groups is 1. The molecule has 0 N–H and O–H groups in total. The zero-order valence-electron chi connectivity index (χ0n) is 10.1. The number of hydrogen-bond acceptors (Lipinski definition) is 5. The second-order valence-corrected chi connectivity index (χ2v) is 5.67. The van der Waals surface area contributed by atoms with Crippen molar-refractivity contribution in [2.75, 3.05) is 12.9 Å². The number of esters is 1. The monoisotopic (exact) mass is 267 g/mol. The van der Waals surface area contributed by atoms with Crippen molar-refractivity contribution in [2.45, 2.75) is 17.7 Å². The molecule has 0 aliphatic heterocycles. The zero-order chi connectivity index (χ0) is 13.8. The molecular formula is C12H13NO4S. The molecule has 1 aromatic carbocycles. The Morgan fingerprint density at radius 2 is 1.94 bits per heavy atom. The van der Waals surface area contributed by atoms with Gasteiger partial charge in [0.2, 0.25) is 0 Å². The maximum atomic E-state index is 11.5. The average molecular weight is 267 g/mol. The van der Waals surface area contributed by atoms with E-state index < -0.39 is 21.7 Å². The van der Waals surface area contributed by atoms with E-state index in [1.54, 1.807) is 6.92 Å². The summed E-state index contributed by atoms with van der Waals surface area (Å²) < 4.78 is 27.3. The van der Waals surface area contributed by atoms with Crippen LogP contribution in [-0.4, -0.2) is 27.2 Å². The molecule has 1 rings (SSSR count). The van der Waals surface area contributed by atoms with Crippen LogP contribution in [-0.2, 0) is 19.4 Å². The summed E-state index contributed by atoms with van der Waals surface area (Å²) in [5.74, 6) is -1.66. The van der Waals surface area contributed by atoms with Crippen molar-refractivity contribution in [3.63, 3.8) is 0 Å². The Morgan fingerprint density at radius 3 is 2.33 bits per heavy atom. The molecule has 18 heavy (non-hydrogen) atoms. The van der Waals surface area contributed by atoms with Crippen molar-refractivity contribution in [1.29, 1.82) is 5.26 Å². The highest BCUT2D eigenvalue weighted by atomic mass is 32.2. The van der Waals surface area contributed by atoms with Gasteiger partial charge in [-0.3, -0.25) is 4.79 Å². The zero-order valence-corrected chi connectivity index (χ0v) is 10.9. The maximum Gasteiger partial charge on any atom is 0.327 e. The molecule has 0 fully saturated rings. The number of hydrogen-bond donors (Lipinski definition) is 0. The van der Waals surface area contributed by atoms with Crippen LogP contribution in [0.3, 0.4) is 0 Å². The lowest BCUT2D eigenvalue weighted by atomic mass is 10.0. The van der Waals surface area contributed by atoms with Crippen LogP contribution in [0.2, 0.25) is 0 Å². The lowest BCUT2D eigenvalue weighted by molar-refractivity contribution is -0.143. The van der Waals surface area contributed by atoms with Crippen LogP contribution >= 0.6 is 0 Å². The molecule has 0 aromatic heterocycles. The van der Waals surface area contributed by atoms with E-state index >= 15 is 0 Å². The smallest absolute Gasteiger partial charge is 0.327 e. The summed E-state index contributed by atoms with van der Waals surface area (Å²) in [5.41, 5.74) is 0.420. The van der Waals surface area contributed by atoms with E-state index in [4.69, 9.17) is 10.00 Å². The van der Waals surface area contributed by atoms with Gasteiger partial charge in [0.1, 0.15) is 0 Å². The van der Waals surface area contributed by atoms with Crippen LogP contribution in [0, 0.1) is 11.3 Å². The molecule has 1 atom stereocenters. The van der Waals surface area contributed by atoms with E-state index in [2.05, 4.69) is 0 Å². The number of carbonyl (C=O) groups is 1. The first kappa shape index (κ1) is 14.2. The molecule has 0 aliphatic carbocycles. The maximum absolute atomic E-state index is 11.5. The molecule has 5 nitrogen and oxygen atoms in total. The number of rotatable bonds is 4. The number of ether oxygens (including phenoxy) is 1. The van der Waals surface area contributed by atoms with Crippen molar-refractivity contribution in [3.8, 4) is 6.07 Å². The first-order valence-electron chi connectivity index (χ1n) is 5.26. The van der Waals surface area contributed by atoms with Gasteiger partial charge in [0, 0.05) is 6.26 Å². The Kier molecular flexibility index (Phi) is 4.45. The molecule has 6 heteroatoms. The minimum Gasteiger partial charge on any atom is -0.465 e. The Hall–Kier alpha value is -1.87. The van der Waals surface area contributed by atoms with Gasteiger partial charge < -0.3 is 4.74 Å². The van der Waals surface area contributed by atoms with Gasteiger partial charge in [-0.1, -0.05) is 12.1 Å². The van der Waals surface area contributed by atoms with Crippen molar-refractivity contribution >= 4 is 15.8 Å². The quantitative estimate of drug-likeness (QED) is 0.767. The summed E-state index contributed by atoms with van der Waals surface area (Å²) in [6, 6.07) is 7.47. The average Bonchev–Trinajstić information content (AvgIpc) is 2.30. The number of carbonyl (C=O) groups excluding carboxylic acids is 1. The second kappa shape index (κ2) is 5.65. The van der Waals surface area contributed by atoms with Gasteiger partial charge in [-0.15, -0.1) is 0 Å². The molecule has 1 unspecified atom stereocenters. The summed E-state index contributed by atoms with van der Waals surface area (Å²) in [4.78, 5) is 11.6. The number of nitrogens with zero attached hydrogens (tertiary/aromatic N) is 1. The molecule has 96 valence electrons. The van der Waals surface area contributed by atoms with Crippen LogP contribution in [0.15, 0.2) is 29.2 Å². The summed E-state index contributed by atoms with van der Waals surface area (Å²) in [5, 5.41) is 8.94. The topological polar surface area (TPSA) is 84.2 Å². The fraction of sp³-hybridized carbons (Fsp3) is 0.333. The Morgan fingerprint density at radius 1 is 1.39 bits per heavy atom. The molecular weight excluding hydrogens is 254 g/mol. The van der Waals surface area contributed by atoms with E-state index in [9.17, 15) is 13.2 Å². The highest BCUT2D eigenvalue weighted by Gasteiger charge is 2.21. The van der Waals surface area contributed by atoms with Gasteiger partial charge in [-0.2, -0.15) is 5.26 Å². The highest BCUT2D eigenvalue weighted by molar-refractivity contribution is 7.90. The standard InChI is InChI=1S/C12H13NO4S/c1-3-17-12(14)11(8-13)9-4-6-10(7-5-9)18(2,15)16/h4-7,11H,3H2,1-2H3. The van der Waals surface area contributed by atoms with Crippen LogP contribution in [0.4, 0.5) is 0 Å². The molecule has 0 bridgehead atoms. The third-order valence-electron chi connectivity index (χ3n) is 2.29. The summed E-state index contributed by atoms with van der Waals surface area (Å²) in [6.45, 7) is 1.84. The van der Waals surface area contributed by atoms with Crippen LogP contribution in [0.25, 0.3) is 0 Å². The predicted octanol–water partition coefficient (Wildman–Crippen LogP) is 1.26. The van der Waals surface area contributed by atoms with Gasteiger partial charge in [-0.05, 0) is 24.6 Å². The molecule has 0 saturated carbocycles. The van der Waals surface area contributed by atoms with Crippen LogP contribution < -0.4 is 0 Å². The second-order valence-electron chi connectivity index (χ2n) is 3.66. The summed E-state index contributed by atoms with van der Waals surface area (Å²) in [7, 11) is -3.28. The summed E-state index contributed by atoms with van der Waals surface area (Å²) in [6.07, 6.45) is 1.09. The normalized spacial score (nSPS) is 12.5. The summed E-state index contributed by atoms with van der Waals surface area (Å²) >= 11 is 0. The lowest BCUT2D eigenvalue weighted by Crippen LogP contribution is -2.14. The number of benzene rings is 1. The molecule has 0 spiro atoms. The fourth-order valence-electron chi connectivity index (χ4n) is 1.40. The SMILES string of the molecule is CCOC(=O)C(C#N)c1ccc(S(C)(=O)=O)cc1. The minimum absolute atomic E-state index is 0.145. The molecule has 1 aromatic rings. The van der Waals surface area contributed by atoms with Crippen molar-refractivity contribution in [2.24, 2.45) is 0 Å². The molecule has 0 radical (unpaired) electrons. The van der Waals surface area contributed by atoms with Crippen LogP contribution in [0.1, 0.15) is 18.4 Å². The van der Waals surface area contributed by atoms with E-state index in [1.807, 2.05) is 6.07 Å². The Balaban J connectivity index is 3.04. The molecule has 0 amide bonds. The van der Waals surface area contributed by atoms with Gasteiger partial charge in [-0.25, -0.2) is 8.42 Å². The highest BCUT2D eigenvalue weighted by Crippen LogP contribution is 2.19. The number of nitriles is 1. The molecule has 0 heterocycles. The predicted molar refractivity (Wildman–Crippen MR) is 64.5 cm³/mol. The van der Waals surface area contributed by atoms with E-state index in [1.165, 1.54) is 24.3 Å². The van der Waals surface area contributed by atoms with Crippen LogP contribution in [0.5, 0.6) is 0 Å². The molecule has 0 aliphatic rings. The van der Waals surface area contributed by atoms with Gasteiger partial charge >= 0.3 is 5.97 Å². The lowest BCUT2D eigenvalue weighted by Gasteiger charge is -2.08. The molecule has 0 saturated heterocycles.